The Morgan fingerprint density at radius 2 is 1.94 bits per heavy atom. The van der Waals surface area contributed by atoms with Crippen LogP contribution >= 0.6 is 34.0 Å². The average Bonchev–Trinajstić information content (AvgIpc) is 3.55. The molecule has 1 atom stereocenters. The van der Waals surface area contributed by atoms with Crippen LogP contribution in [0.3, 0.4) is 0 Å². The third-order valence-electron chi connectivity index (χ3n) is 5.74. The van der Waals surface area contributed by atoms with Gasteiger partial charge in [-0.25, -0.2) is 4.79 Å². The van der Waals surface area contributed by atoms with Crippen LogP contribution in [0, 0.1) is 13.8 Å². The summed E-state index contributed by atoms with van der Waals surface area (Å²) in [5, 5.41) is 10.3. The van der Waals surface area contributed by atoms with Crippen molar-refractivity contribution in [3.8, 4) is 0 Å². The molecule has 0 bridgehead atoms. The zero-order valence-corrected chi connectivity index (χ0v) is 20.9. The van der Waals surface area contributed by atoms with Crippen molar-refractivity contribution in [2.75, 3.05) is 38.1 Å². The van der Waals surface area contributed by atoms with E-state index >= 15 is 0 Å². The summed E-state index contributed by atoms with van der Waals surface area (Å²) >= 11 is 4.75. The van der Waals surface area contributed by atoms with Gasteiger partial charge in [-0.05, 0) is 60.2 Å². The minimum Gasteiger partial charge on any atom is -0.450 e. The van der Waals surface area contributed by atoms with E-state index in [2.05, 4.69) is 40.9 Å². The number of anilines is 1. The van der Waals surface area contributed by atoms with Crippen molar-refractivity contribution >= 4 is 51.0 Å². The molecule has 0 aromatic carbocycles. The van der Waals surface area contributed by atoms with Gasteiger partial charge in [0.15, 0.2) is 0 Å². The molecule has 0 spiro atoms. The van der Waals surface area contributed by atoms with Gasteiger partial charge >= 0.3 is 6.09 Å². The Morgan fingerprint density at radius 3 is 2.56 bits per heavy atom. The molecule has 170 valence electrons. The van der Waals surface area contributed by atoms with E-state index in [1.54, 1.807) is 27.6 Å². The predicted molar refractivity (Wildman–Crippen MR) is 132 cm³/mol. The minimum absolute atomic E-state index is 0.0224. The van der Waals surface area contributed by atoms with Crippen LogP contribution in [0.2, 0.25) is 0 Å². The number of carbonyl (C=O) groups is 2. The van der Waals surface area contributed by atoms with Crippen molar-refractivity contribution in [1.29, 1.82) is 0 Å². The van der Waals surface area contributed by atoms with Gasteiger partial charge in [0.1, 0.15) is 5.00 Å². The van der Waals surface area contributed by atoms with Crippen LogP contribution in [0.1, 0.15) is 44.2 Å². The lowest BCUT2D eigenvalue weighted by Crippen LogP contribution is -2.50. The largest absolute Gasteiger partial charge is 0.450 e. The molecule has 1 aliphatic rings. The normalized spacial score (nSPS) is 15.5. The van der Waals surface area contributed by atoms with Crippen LogP contribution < -0.4 is 5.32 Å². The average molecular weight is 490 g/mol. The number of rotatable bonds is 6. The van der Waals surface area contributed by atoms with Crippen molar-refractivity contribution in [3.05, 3.63) is 60.8 Å². The number of ether oxygens (including phenoxy) is 1. The summed E-state index contributed by atoms with van der Waals surface area (Å²) < 4.78 is 5.18. The molecular formula is C23H27N3O3S3. The maximum Gasteiger partial charge on any atom is 0.409 e. The number of aryl methyl sites for hydroxylation is 1. The quantitative estimate of drug-likeness (QED) is 0.489. The number of nitrogens with one attached hydrogen (secondary N) is 1. The molecule has 0 radical (unpaired) electrons. The fraction of sp³-hybridized carbons (Fsp3) is 0.391. The highest BCUT2D eigenvalue weighted by Gasteiger charge is 2.33. The first kappa shape index (κ1) is 23.0. The summed E-state index contributed by atoms with van der Waals surface area (Å²) in [7, 11) is 0. The topological polar surface area (TPSA) is 61.9 Å². The number of thiophene rings is 3. The first-order valence-corrected chi connectivity index (χ1v) is 13.3. The maximum atomic E-state index is 12.8. The fourth-order valence-corrected chi connectivity index (χ4v) is 6.39. The molecule has 4 rings (SSSR count). The van der Waals surface area contributed by atoms with Crippen molar-refractivity contribution in [2.45, 2.75) is 26.8 Å². The first-order chi connectivity index (χ1) is 15.5. The maximum absolute atomic E-state index is 12.8. The smallest absolute Gasteiger partial charge is 0.409 e. The van der Waals surface area contributed by atoms with Crippen LogP contribution in [-0.2, 0) is 4.74 Å². The van der Waals surface area contributed by atoms with Crippen LogP contribution in [0.5, 0.6) is 0 Å². The molecule has 0 aliphatic carbocycles. The lowest BCUT2D eigenvalue weighted by atomic mass is 9.96. The number of hydrogen-bond acceptors (Lipinski definition) is 7. The summed E-state index contributed by atoms with van der Waals surface area (Å²) in [5.74, 6) is -0.0706. The molecule has 4 heterocycles. The molecule has 3 aromatic heterocycles. The lowest BCUT2D eigenvalue weighted by Gasteiger charge is -2.39. The molecule has 1 saturated heterocycles. The number of amides is 2. The standard InChI is InChI=1S/C23H27N3O3S3/c1-4-29-23(28)26-10-8-25(9-11-26)20(17-7-13-30-14-17)19-15(2)16(3)32-22(19)24-21(27)18-6-5-12-31-18/h5-7,12-14,20H,4,8-11H2,1-3H3,(H,24,27)/t20-/m0/s1. The molecule has 9 heteroatoms. The molecule has 0 saturated carbocycles. The highest BCUT2D eigenvalue weighted by atomic mass is 32.1. The van der Waals surface area contributed by atoms with Gasteiger partial charge in [-0.2, -0.15) is 11.3 Å². The molecule has 0 unspecified atom stereocenters. The highest BCUT2D eigenvalue weighted by Crippen LogP contribution is 2.43. The second kappa shape index (κ2) is 10.2. The van der Waals surface area contributed by atoms with Gasteiger partial charge in [0.25, 0.3) is 5.91 Å². The van der Waals surface area contributed by atoms with E-state index in [1.807, 2.05) is 24.4 Å². The van der Waals surface area contributed by atoms with Crippen LogP contribution in [-0.4, -0.2) is 54.6 Å². The van der Waals surface area contributed by atoms with E-state index in [0.717, 1.165) is 23.7 Å². The van der Waals surface area contributed by atoms with Gasteiger partial charge < -0.3 is 15.0 Å². The SMILES string of the molecule is CCOC(=O)N1CCN([C@@H](c2ccsc2)c2c(NC(=O)c3cccs3)sc(C)c2C)CC1. The zero-order valence-electron chi connectivity index (χ0n) is 18.4. The molecule has 2 amide bonds. The lowest BCUT2D eigenvalue weighted by molar-refractivity contribution is 0.0715. The van der Waals surface area contributed by atoms with E-state index in [4.69, 9.17) is 4.74 Å². The Hall–Kier alpha value is -2.20. The van der Waals surface area contributed by atoms with E-state index in [0.29, 0.717) is 24.6 Å². The summed E-state index contributed by atoms with van der Waals surface area (Å²) in [6.45, 7) is 9.19. The van der Waals surface area contributed by atoms with Gasteiger partial charge in [-0.15, -0.1) is 22.7 Å². The zero-order chi connectivity index (χ0) is 22.7. The Labute approximate surface area is 200 Å². The predicted octanol–water partition coefficient (Wildman–Crippen LogP) is 5.60. The van der Waals surface area contributed by atoms with Gasteiger partial charge in [0, 0.05) is 36.6 Å². The van der Waals surface area contributed by atoms with Gasteiger partial charge in [0.2, 0.25) is 0 Å². The van der Waals surface area contributed by atoms with Crippen LogP contribution in [0.15, 0.2) is 34.3 Å². The number of hydrogen-bond donors (Lipinski definition) is 1. The second-order valence-electron chi connectivity index (χ2n) is 7.64. The monoisotopic (exact) mass is 489 g/mol. The summed E-state index contributed by atoms with van der Waals surface area (Å²) in [6, 6.07) is 5.92. The highest BCUT2D eigenvalue weighted by molar-refractivity contribution is 7.17. The molecule has 1 N–H and O–H groups in total. The van der Waals surface area contributed by atoms with E-state index in [1.165, 1.54) is 27.3 Å². The molecule has 1 aliphatic heterocycles. The Bertz CT molecular complexity index is 1050. The fourth-order valence-electron chi connectivity index (χ4n) is 4.01. The Balaban J connectivity index is 1.64. The van der Waals surface area contributed by atoms with Crippen molar-refractivity contribution in [3.63, 3.8) is 0 Å². The Morgan fingerprint density at radius 1 is 1.16 bits per heavy atom. The van der Waals surface area contributed by atoms with E-state index in [9.17, 15) is 9.59 Å². The Kier molecular flexibility index (Phi) is 7.30. The first-order valence-electron chi connectivity index (χ1n) is 10.6. The van der Waals surface area contributed by atoms with Crippen molar-refractivity contribution < 1.29 is 14.3 Å². The molecule has 32 heavy (non-hydrogen) atoms. The van der Waals surface area contributed by atoms with Crippen molar-refractivity contribution in [1.82, 2.24) is 9.80 Å². The summed E-state index contributed by atoms with van der Waals surface area (Å²) in [4.78, 5) is 31.1. The molecule has 1 fully saturated rings. The summed E-state index contributed by atoms with van der Waals surface area (Å²) in [6.07, 6.45) is -0.245. The molecule has 3 aromatic rings. The minimum atomic E-state index is -0.245. The van der Waals surface area contributed by atoms with Gasteiger partial charge in [-0.1, -0.05) is 6.07 Å². The summed E-state index contributed by atoms with van der Waals surface area (Å²) in [5.41, 5.74) is 3.58. The van der Waals surface area contributed by atoms with Gasteiger partial charge in [-0.3, -0.25) is 9.69 Å². The van der Waals surface area contributed by atoms with E-state index in [-0.39, 0.29) is 18.0 Å². The van der Waals surface area contributed by atoms with Crippen molar-refractivity contribution in [2.24, 2.45) is 0 Å². The molecule has 6 nitrogen and oxygen atoms in total. The van der Waals surface area contributed by atoms with E-state index < -0.39 is 0 Å². The number of piperazine rings is 1. The number of carbonyl (C=O) groups excluding carboxylic acids is 2. The van der Waals surface area contributed by atoms with Crippen LogP contribution in [0.4, 0.5) is 9.80 Å². The third kappa shape index (κ3) is 4.76. The third-order valence-corrected chi connectivity index (χ3v) is 8.45. The van der Waals surface area contributed by atoms with Crippen LogP contribution in [0.25, 0.3) is 0 Å². The molecular weight excluding hydrogens is 462 g/mol. The number of nitrogens with zero attached hydrogens (tertiary/aromatic N) is 2. The van der Waals surface area contributed by atoms with Gasteiger partial charge in [0.05, 0.1) is 17.5 Å². The second-order valence-corrected chi connectivity index (χ2v) is 10.6.